The highest BCUT2D eigenvalue weighted by Crippen LogP contribution is 2.19. The molecule has 0 saturated carbocycles. The van der Waals surface area contributed by atoms with E-state index in [1.165, 1.54) is 0 Å². The average Bonchev–Trinajstić information content (AvgIpc) is 2.52. The second-order valence-electron chi connectivity index (χ2n) is 6.73. The van der Waals surface area contributed by atoms with Crippen LogP contribution in [-0.2, 0) is 6.61 Å². The van der Waals surface area contributed by atoms with E-state index in [1.54, 1.807) is 36.8 Å². The molecule has 1 atom stereocenters. The molecule has 2 aromatic heterocycles. The van der Waals surface area contributed by atoms with Gasteiger partial charge in [0.05, 0.1) is 22.5 Å². The summed E-state index contributed by atoms with van der Waals surface area (Å²) in [5.41, 5.74) is 1.25. The molecule has 1 unspecified atom stereocenters. The van der Waals surface area contributed by atoms with Crippen molar-refractivity contribution in [2.24, 2.45) is 5.41 Å². The first kappa shape index (κ1) is 18.2. The summed E-state index contributed by atoms with van der Waals surface area (Å²) in [6, 6.07) is 5.26. The van der Waals surface area contributed by atoms with Crippen molar-refractivity contribution in [2.45, 2.75) is 40.3 Å². The lowest BCUT2D eigenvalue weighted by Gasteiger charge is -2.28. The van der Waals surface area contributed by atoms with Gasteiger partial charge in [-0.3, -0.25) is 14.8 Å². The van der Waals surface area contributed by atoms with Crippen LogP contribution in [0, 0.1) is 5.41 Å². The average molecular weight is 348 g/mol. The first-order valence-electron chi connectivity index (χ1n) is 7.75. The summed E-state index contributed by atoms with van der Waals surface area (Å²) in [4.78, 5) is 20.4. The van der Waals surface area contributed by atoms with Crippen molar-refractivity contribution in [3.05, 3.63) is 53.1 Å². The van der Waals surface area contributed by atoms with Gasteiger partial charge in [-0.1, -0.05) is 32.4 Å². The highest BCUT2D eigenvalue weighted by Gasteiger charge is 2.22. The van der Waals surface area contributed by atoms with Gasteiger partial charge >= 0.3 is 0 Å². The number of nitrogens with zero attached hydrogens (tertiary/aromatic N) is 2. The maximum absolute atomic E-state index is 12.2. The summed E-state index contributed by atoms with van der Waals surface area (Å²) in [6.07, 6.45) is 4.68. The topological polar surface area (TPSA) is 64.1 Å². The molecule has 2 aromatic rings. The molecule has 1 N–H and O–H groups in total. The van der Waals surface area contributed by atoms with Crippen LogP contribution in [0.3, 0.4) is 0 Å². The predicted molar refractivity (Wildman–Crippen MR) is 94.2 cm³/mol. The van der Waals surface area contributed by atoms with Gasteiger partial charge in [0, 0.05) is 24.5 Å². The van der Waals surface area contributed by atoms with E-state index in [2.05, 4.69) is 36.1 Å². The Labute approximate surface area is 147 Å². The molecule has 1 amide bonds. The molecule has 0 bridgehead atoms. The van der Waals surface area contributed by atoms with Crippen molar-refractivity contribution in [1.82, 2.24) is 15.3 Å². The lowest BCUT2D eigenvalue weighted by molar-refractivity contribution is 0.0909. The molecule has 2 heterocycles. The van der Waals surface area contributed by atoms with Crippen LogP contribution in [0.4, 0.5) is 0 Å². The normalized spacial score (nSPS) is 12.5. The van der Waals surface area contributed by atoms with Crippen LogP contribution >= 0.6 is 11.6 Å². The van der Waals surface area contributed by atoms with Crippen molar-refractivity contribution >= 4 is 17.5 Å². The summed E-state index contributed by atoms with van der Waals surface area (Å²) in [6.45, 7) is 8.53. The Morgan fingerprint density at radius 2 is 2.04 bits per heavy atom. The zero-order chi connectivity index (χ0) is 17.7. The van der Waals surface area contributed by atoms with Crippen LogP contribution in [0.25, 0.3) is 0 Å². The first-order chi connectivity index (χ1) is 11.3. The molecule has 0 spiro atoms. The number of aromatic nitrogens is 2. The van der Waals surface area contributed by atoms with Crippen LogP contribution < -0.4 is 10.1 Å². The van der Waals surface area contributed by atoms with E-state index >= 15 is 0 Å². The molecule has 128 valence electrons. The van der Waals surface area contributed by atoms with Gasteiger partial charge < -0.3 is 10.1 Å². The number of pyridine rings is 2. The SMILES string of the molecule is CC(NC(=O)c1ccc(COc2cncc(Cl)c2)nc1)C(C)(C)C. The number of hydrogen-bond acceptors (Lipinski definition) is 4. The third-order valence-corrected chi connectivity index (χ3v) is 4.01. The Morgan fingerprint density at radius 3 is 2.62 bits per heavy atom. The van der Waals surface area contributed by atoms with E-state index < -0.39 is 0 Å². The Morgan fingerprint density at radius 1 is 1.29 bits per heavy atom. The molecule has 0 fully saturated rings. The predicted octanol–water partition coefficient (Wildman–Crippen LogP) is 3.87. The molecule has 0 aliphatic rings. The fraction of sp³-hybridized carbons (Fsp3) is 0.389. The first-order valence-corrected chi connectivity index (χ1v) is 8.12. The second kappa shape index (κ2) is 7.62. The Bertz CT molecular complexity index is 696. The van der Waals surface area contributed by atoms with Crippen LogP contribution in [0.1, 0.15) is 43.7 Å². The number of halogens is 1. The molecule has 24 heavy (non-hydrogen) atoms. The fourth-order valence-corrected chi connectivity index (χ4v) is 1.93. The van der Waals surface area contributed by atoms with E-state index in [0.29, 0.717) is 16.3 Å². The van der Waals surface area contributed by atoms with E-state index in [0.717, 1.165) is 5.69 Å². The molecule has 0 aliphatic heterocycles. The second-order valence-corrected chi connectivity index (χ2v) is 7.16. The van der Waals surface area contributed by atoms with E-state index in [9.17, 15) is 4.79 Å². The third kappa shape index (κ3) is 5.20. The van der Waals surface area contributed by atoms with Gasteiger partial charge in [0.1, 0.15) is 12.4 Å². The van der Waals surface area contributed by atoms with E-state index in [1.807, 2.05) is 6.92 Å². The summed E-state index contributed by atoms with van der Waals surface area (Å²) in [5.74, 6) is 0.446. The Kier molecular flexibility index (Phi) is 5.78. The van der Waals surface area contributed by atoms with Crippen LogP contribution in [0.2, 0.25) is 5.02 Å². The lowest BCUT2D eigenvalue weighted by atomic mass is 9.88. The zero-order valence-electron chi connectivity index (χ0n) is 14.3. The summed E-state index contributed by atoms with van der Waals surface area (Å²) >= 11 is 5.85. The minimum absolute atomic E-state index is 0.00185. The number of ether oxygens (including phenoxy) is 1. The Balaban J connectivity index is 1.94. The summed E-state index contributed by atoms with van der Waals surface area (Å²) in [5, 5.41) is 3.50. The maximum atomic E-state index is 12.2. The molecule has 0 aliphatic carbocycles. The van der Waals surface area contributed by atoms with Gasteiger partial charge in [-0.2, -0.15) is 0 Å². The number of carbonyl (C=O) groups excluding carboxylic acids is 1. The number of rotatable bonds is 5. The highest BCUT2D eigenvalue weighted by molar-refractivity contribution is 6.30. The van der Waals surface area contributed by atoms with Crippen molar-refractivity contribution in [2.75, 3.05) is 0 Å². The third-order valence-electron chi connectivity index (χ3n) is 3.80. The largest absolute Gasteiger partial charge is 0.486 e. The van der Waals surface area contributed by atoms with Gasteiger partial charge in [0.25, 0.3) is 5.91 Å². The van der Waals surface area contributed by atoms with Gasteiger partial charge in [0.2, 0.25) is 0 Å². The number of carbonyl (C=O) groups is 1. The molecular weight excluding hydrogens is 326 g/mol. The van der Waals surface area contributed by atoms with Crippen molar-refractivity contribution in [1.29, 1.82) is 0 Å². The van der Waals surface area contributed by atoms with Crippen LogP contribution in [-0.4, -0.2) is 21.9 Å². The van der Waals surface area contributed by atoms with Crippen LogP contribution in [0.5, 0.6) is 5.75 Å². The van der Waals surface area contributed by atoms with Crippen molar-refractivity contribution < 1.29 is 9.53 Å². The highest BCUT2D eigenvalue weighted by atomic mass is 35.5. The summed E-state index contributed by atoms with van der Waals surface area (Å²) in [7, 11) is 0. The standard InChI is InChI=1S/C18H22ClN3O2/c1-12(18(2,3)4)22-17(23)13-5-6-15(21-8-13)11-24-16-7-14(19)9-20-10-16/h5-10,12H,11H2,1-4H3,(H,22,23). The van der Waals surface area contributed by atoms with Gasteiger partial charge in [-0.25, -0.2) is 0 Å². The van der Waals surface area contributed by atoms with E-state index in [-0.39, 0.29) is 24.0 Å². The van der Waals surface area contributed by atoms with Gasteiger partial charge in [-0.05, 0) is 24.5 Å². The monoisotopic (exact) mass is 347 g/mol. The maximum Gasteiger partial charge on any atom is 0.253 e. The zero-order valence-corrected chi connectivity index (χ0v) is 15.1. The van der Waals surface area contributed by atoms with Gasteiger partial charge in [-0.15, -0.1) is 0 Å². The summed E-state index contributed by atoms with van der Waals surface area (Å²) < 4.78 is 5.57. The minimum Gasteiger partial charge on any atom is -0.486 e. The lowest BCUT2D eigenvalue weighted by Crippen LogP contribution is -2.41. The van der Waals surface area contributed by atoms with Crippen molar-refractivity contribution in [3.63, 3.8) is 0 Å². The molecule has 6 heteroatoms. The Hall–Kier alpha value is -2.14. The smallest absolute Gasteiger partial charge is 0.253 e. The number of hydrogen-bond donors (Lipinski definition) is 1. The molecule has 2 rings (SSSR count). The minimum atomic E-state index is -0.128. The molecule has 0 aromatic carbocycles. The molecular formula is C18H22ClN3O2. The van der Waals surface area contributed by atoms with Crippen molar-refractivity contribution in [3.8, 4) is 5.75 Å². The molecule has 0 radical (unpaired) electrons. The van der Waals surface area contributed by atoms with Crippen LogP contribution in [0.15, 0.2) is 36.8 Å². The van der Waals surface area contributed by atoms with E-state index in [4.69, 9.17) is 16.3 Å². The molecule has 0 saturated heterocycles. The number of nitrogens with one attached hydrogen (secondary N) is 1. The number of amides is 1. The quantitative estimate of drug-likeness (QED) is 0.891. The fourth-order valence-electron chi connectivity index (χ4n) is 1.77. The molecule has 5 nitrogen and oxygen atoms in total. The van der Waals surface area contributed by atoms with Gasteiger partial charge in [0.15, 0.2) is 0 Å².